The summed E-state index contributed by atoms with van der Waals surface area (Å²) in [7, 11) is 1.46. The zero-order valence-electron chi connectivity index (χ0n) is 10.8. The van der Waals surface area contributed by atoms with E-state index in [1.54, 1.807) is 6.07 Å². The summed E-state index contributed by atoms with van der Waals surface area (Å²) >= 11 is 0. The number of carbonyl (C=O) groups excluding carboxylic acids is 1. The molecule has 3 N–H and O–H groups in total. The number of anilines is 1. The first-order valence-electron chi connectivity index (χ1n) is 5.62. The van der Waals surface area contributed by atoms with Crippen LogP contribution in [0.15, 0.2) is 24.3 Å². The van der Waals surface area contributed by atoms with Gasteiger partial charge in [-0.3, -0.25) is 4.79 Å². The number of nitrogens with two attached hydrogens (primary N) is 1. The molecule has 0 fully saturated rings. The van der Waals surface area contributed by atoms with E-state index in [2.05, 4.69) is 10.1 Å². The van der Waals surface area contributed by atoms with Gasteiger partial charge in [0.15, 0.2) is 0 Å². The number of ether oxygens (including phenoxy) is 2. The van der Waals surface area contributed by atoms with Gasteiger partial charge < -0.3 is 20.5 Å². The summed E-state index contributed by atoms with van der Waals surface area (Å²) in [5, 5.41) is 2.56. The molecular weight excluding hydrogens is 294 g/mol. The minimum atomic E-state index is -2.90. The standard InChI is InChI=1S/C12H16F2N2O3.ClH/c1-18-10(7-15)6-11(17)16-8-3-2-4-9(5-8)19-12(13)14;/h2-5,10,12H,6-7,15H2,1H3,(H,16,17);1H. The molecule has 1 aromatic rings. The van der Waals surface area contributed by atoms with E-state index in [9.17, 15) is 13.6 Å². The molecule has 1 unspecified atom stereocenters. The van der Waals surface area contributed by atoms with Crippen LogP contribution in [0.25, 0.3) is 0 Å². The smallest absolute Gasteiger partial charge is 0.387 e. The Labute approximate surface area is 121 Å². The van der Waals surface area contributed by atoms with Crippen LogP contribution in [-0.2, 0) is 9.53 Å². The first-order chi connectivity index (χ1) is 9.05. The molecule has 8 heteroatoms. The van der Waals surface area contributed by atoms with Crippen molar-refractivity contribution >= 4 is 24.0 Å². The fourth-order valence-electron chi connectivity index (χ4n) is 1.43. The fraction of sp³-hybridized carbons (Fsp3) is 0.417. The van der Waals surface area contributed by atoms with Crippen LogP contribution >= 0.6 is 12.4 Å². The van der Waals surface area contributed by atoms with Crippen molar-refractivity contribution in [1.82, 2.24) is 0 Å². The van der Waals surface area contributed by atoms with Crippen molar-refractivity contribution < 1.29 is 23.0 Å². The lowest BCUT2D eigenvalue weighted by atomic mass is 10.2. The SMILES string of the molecule is COC(CN)CC(=O)Nc1cccc(OC(F)F)c1.Cl. The van der Waals surface area contributed by atoms with Gasteiger partial charge in [-0.15, -0.1) is 12.4 Å². The van der Waals surface area contributed by atoms with E-state index >= 15 is 0 Å². The summed E-state index contributed by atoms with van der Waals surface area (Å²) in [6, 6.07) is 5.76. The zero-order valence-corrected chi connectivity index (χ0v) is 11.7. The first-order valence-corrected chi connectivity index (χ1v) is 5.62. The second-order valence-electron chi connectivity index (χ2n) is 3.75. The van der Waals surface area contributed by atoms with Crippen LogP contribution < -0.4 is 15.8 Å². The quantitative estimate of drug-likeness (QED) is 0.808. The monoisotopic (exact) mass is 310 g/mol. The minimum Gasteiger partial charge on any atom is -0.435 e. The number of rotatable bonds is 7. The van der Waals surface area contributed by atoms with Crippen LogP contribution in [0.5, 0.6) is 5.75 Å². The first kappa shape index (κ1) is 18.6. The Morgan fingerprint density at radius 1 is 1.45 bits per heavy atom. The molecule has 0 saturated carbocycles. The Hall–Kier alpha value is -1.44. The lowest BCUT2D eigenvalue weighted by Gasteiger charge is -2.13. The largest absolute Gasteiger partial charge is 0.435 e. The molecule has 0 aromatic heterocycles. The van der Waals surface area contributed by atoms with Gasteiger partial charge in [0.05, 0.1) is 12.5 Å². The Morgan fingerprint density at radius 3 is 2.70 bits per heavy atom. The maximum Gasteiger partial charge on any atom is 0.387 e. The summed E-state index contributed by atoms with van der Waals surface area (Å²) < 4.78 is 33.3. The molecule has 1 aromatic carbocycles. The fourth-order valence-corrected chi connectivity index (χ4v) is 1.43. The average Bonchev–Trinajstić information content (AvgIpc) is 2.35. The number of nitrogens with one attached hydrogen (secondary N) is 1. The van der Waals surface area contributed by atoms with E-state index in [0.717, 1.165) is 0 Å². The van der Waals surface area contributed by atoms with Crippen molar-refractivity contribution in [3.8, 4) is 5.75 Å². The van der Waals surface area contributed by atoms with Gasteiger partial charge in [0.2, 0.25) is 5.91 Å². The molecule has 0 spiro atoms. The van der Waals surface area contributed by atoms with Gasteiger partial charge in [0.25, 0.3) is 0 Å². The summed E-state index contributed by atoms with van der Waals surface area (Å²) in [6.07, 6.45) is -0.284. The number of methoxy groups -OCH3 is 1. The van der Waals surface area contributed by atoms with Gasteiger partial charge in [-0.05, 0) is 12.1 Å². The van der Waals surface area contributed by atoms with Crippen LogP contribution in [0.4, 0.5) is 14.5 Å². The second-order valence-corrected chi connectivity index (χ2v) is 3.75. The van der Waals surface area contributed by atoms with Gasteiger partial charge in [0.1, 0.15) is 5.75 Å². The van der Waals surface area contributed by atoms with Crippen LogP contribution in [0.1, 0.15) is 6.42 Å². The van der Waals surface area contributed by atoms with Crippen molar-refractivity contribution in [2.45, 2.75) is 19.1 Å². The van der Waals surface area contributed by atoms with Crippen LogP contribution in [-0.4, -0.2) is 32.3 Å². The maximum absolute atomic E-state index is 12.0. The van der Waals surface area contributed by atoms with Crippen LogP contribution in [0.3, 0.4) is 0 Å². The Kier molecular flexibility index (Phi) is 8.78. The highest BCUT2D eigenvalue weighted by atomic mass is 35.5. The number of carbonyl (C=O) groups is 1. The van der Waals surface area contributed by atoms with Crippen molar-refractivity contribution in [1.29, 1.82) is 0 Å². The molecule has 1 atom stereocenters. The number of alkyl halides is 2. The number of benzene rings is 1. The normalized spacial score (nSPS) is 11.7. The molecule has 1 rings (SSSR count). The van der Waals surface area contributed by atoms with Crippen LogP contribution in [0, 0.1) is 0 Å². The van der Waals surface area contributed by atoms with Crippen molar-refractivity contribution in [3.63, 3.8) is 0 Å². The molecule has 0 bridgehead atoms. The lowest BCUT2D eigenvalue weighted by molar-refractivity contribution is -0.118. The van der Waals surface area contributed by atoms with Crippen molar-refractivity contribution in [3.05, 3.63) is 24.3 Å². The molecule has 0 aliphatic rings. The molecular formula is C12H17ClF2N2O3. The maximum atomic E-state index is 12.0. The number of halogens is 3. The second kappa shape index (κ2) is 9.46. The van der Waals surface area contributed by atoms with E-state index in [4.69, 9.17) is 10.5 Å². The Balaban J connectivity index is 0.00000361. The summed E-state index contributed by atoms with van der Waals surface area (Å²) in [5.74, 6) is -0.332. The summed E-state index contributed by atoms with van der Waals surface area (Å²) in [4.78, 5) is 11.6. The molecule has 0 aliphatic carbocycles. The third-order valence-corrected chi connectivity index (χ3v) is 2.35. The Morgan fingerprint density at radius 2 is 2.15 bits per heavy atom. The summed E-state index contributed by atoms with van der Waals surface area (Å²) in [5.41, 5.74) is 5.77. The number of amides is 1. The van der Waals surface area contributed by atoms with Gasteiger partial charge in [-0.1, -0.05) is 6.07 Å². The van der Waals surface area contributed by atoms with E-state index in [1.807, 2.05) is 0 Å². The lowest BCUT2D eigenvalue weighted by Crippen LogP contribution is -2.28. The van der Waals surface area contributed by atoms with Gasteiger partial charge >= 0.3 is 6.61 Å². The van der Waals surface area contributed by atoms with Gasteiger partial charge in [0, 0.05) is 25.4 Å². The molecule has 0 saturated heterocycles. The highest BCUT2D eigenvalue weighted by Gasteiger charge is 2.12. The van der Waals surface area contributed by atoms with E-state index in [-0.39, 0.29) is 43.1 Å². The molecule has 20 heavy (non-hydrogen) atoms. The molecule has 0 aliphatic heterocycles. The third-order valence-electron chi connectivity index (χ3n) is 2.35. The van der Waals surface area contributed by atoms with Crippen LogP contribution in [0.2, 0.25) is 0 Å². The van der Waals surface area contributed by atoms with Gasteiger partial charge in [-0.25, -0.2) is 0 Å². The highest BCUT2D eigenvalue weighted by molar-refractivity contribution is 5.91. The summed E-state index contributed by atoms with van der Waals surface area (Å²) in [6.45, 7) is -2.68. The third kappa shape index (κ3) is 6.65. The van der Waals surface area contributed by atoms with Crippen molar-refractivity contribution in [2.75, 3.05) is 19.0 Å². The predicted octanol–water partition coefficient (Wildman–Crippen LogP) is 2.01. The van der Waals surface area contributed by atoms with E-state index in [1.165, 1.54) is 25.3 Å². The van der Waals surface area contributed by atoms with E-state index < -0.39 is 6.61 Å². The van der Waals surface area contributed by atoms with E-state index in [0.29, 0.717) is 5.69 Å². The Bertz CT molecular complexity index is 417. The van der Waals surface area contributed by atoms with Gasteiger partial charge in [-0.2, -0.15) is 8.78 Å². The molecule has 1 amide bonds. The number of hydrogen-bond donors (Lipinski definition) is 2. The minimum absolute atomic E-state index is 0. The molecule has 114 valence electrons. The molecule has 5 nitrogen and oxygen atoms in total. The topological polar surface area (TPSA) is 73.6 Å². The molecule has 0 radical (unpaired) electrons. The zero-order chi connectivity index (χ0) is 14.3. The van der Waals surface area contributed by atoms with Crippen molar-refractivity contribution in [2.24, 2.45) is 5.73 Å². The highest BCUT2D eigenvalue weighted by Crippen LogP contribution is 2.19. The molecule has 0 heterocycles. The average molecular weight is 311 g/mol. The number of hydrogen-bond acceptors (Lipinski definition) is 4. The predicted molar refractivity (Wildman–Crippen MR) is 73.4 cm³/mol.